The maximum absolute atomic E-state index is 12.4. The van der Waals surface area contributed by atoms with Gasteiger partial charge in [-0.2, -0.15) is 0 Å². The second-order valence-electron chi connectivity index (χ2n) is 5.13. The Morgan fingerprint density at radius 3 is 2.86 bits per heavy atom. The quantitative estimate of drug-likeness (QED) is 0.750. The molecule has 0 atom stereocenters. The normalized spacial score (nSPS) is 14.5. The first-order valence-electron chi connectivity index (χ1n) is 7.15. The van der Waals surface area contributed by atoms with Gasteiger partial charge in [-0.15, -0.1) is 0 Å². The summed E-state index contributed by atoms with van der Waals surface area (Å²) >= 11 is 6.09. The summed E-state index contributed by atoms with van der Waals surface area (Å²) in [4.78, 5) is 24.7. The number of anilines is 1. The fraction of sp³-hybridized carbons (Fsp3) is 0.643. The Kier molecular flexibility index (Phi) is 5.76. The van der Waals surface area contributed by atoms with Crippen molar-refractivity contribution < 1.29 is 9.53 Å². The molecular weight excluding hydrogens is 292 g/mol. The van der Waals surface area contributed by atoms with Crippen molar-refractivity contribution in [3.63, 3.8) is 0 Å². The molecule has 1 aromatic heterocycles. The lowest BCUT2D eigenvalue weighted by Crippen LogP contribution is -2.30. The third-order valence-electron chi connectivity index (χ3n) is 3.51. The van der Waals surface area contributed by atoms with Gasteiger partial charge in [0.25, 0.3) is 5.91 Å². The van der Waals surface area contributed by atoms with Crippen LogP contribution in [0.2, 0.25) is 5.02 Å². The summed E-state index contributed by atoms with van der Waals surface area (Å²) in [6, 6.07) is 0. The number of aromatic nitrogens is 2. The van der Waals surface area contributed by atoms with Gasteiger partial charge in [-0.3, -0.25) is 4.79 Å². The molecule has 0 N–H and O–H groups in total. The lowest BCUT2D eigenvalue weighted by atomic mass is 10.3. The molecule has 1 aliphatic rings. The van der Waals surface area contributed by atoms with Gasteiger partial charge in [-0.1, -0.05) is 11.6 Å². The molecule has 0 aliphatic carbocycles. The van der Waals surface area contributed by atoms with E-state index in [9.17, 15) is 4.79 Å². The minimum atomic E-state index is -0.182. The number of nitrogens with zero attached hydrogens (tertiary/aromatic N) is 4. The van der Waals surface area contributed by atoms with Crippen LogP contribution in [-0.4, -0.2) is 61.2 Å². The highest BCUT2D eigenvalue weighted by atomic mass is 35.5. The molecule has 7 heteroatoms. The molecule has 1 aliphatic heterocycles. The van der Waals surface area contributed by atoms with Gasteiger partial charge in [0.1, 0.15) is 0 Å². The van der Waals surface area contributed by atoms with Crippen molar-refractivity contribution in [2.45, 2.75) is 19.3 Å². The molecule has 1 amide bonds. The number of rotatable bonds is 6. The van der Waals surface area contributed by atoms with Crippen LogP contribution in [0.5, 0.6) is 0 Å². The second kappa shape index (κ2) is 7.56. The first-order valence-corrected chi connectivity index (χ1v) is 7.53. The molecule has 2 rings (SSSR count). The zero-order valence-electron chi connectivity index (χ0n) is 12.5. The van der Waals surface area contributed by atoms with E-state index in [1.54, 1.807) is 19.1 Å². The van der Waals surface area contributed by atoms with Gasteiger partial charge in [-0.25, -0.2) is 9.97 Å². The average molecular weight is 313 g/mol. The number of methoxy groups -OCH3 is 1. The van der Waals surface area contributed by atoms with Crippen molar-refractivity contribution in [2.24, 2.45) is 0 Å². The van der Waals surface area contributed by atoms with Crippen LogP contribution >= 0.6 is 11.6 Å². The molecule has 1 aromatic rings. The van der Waals surface area contributed by atoms with E-state index in [4.69, 9.17) is 16.3 Å². The first kappa shape index (κ1) is 16.0. The van der Waals surface area contributed by atoms with E-state index in [0.717, 1.165) is 32.4 Å². The fourth-order valence-electron chi connectivity index (χ4n) is 2.31. The van der Waals surface area contributed by atoms with Gasteiger partial charge in [0.15, 0.2) is 5.69 Å². The van der Waals surface area contributed by atoms with Crippen molar-refractivity contribution >= 4 is 23.5 Å². The zero-order chi connectivity index (χ0) is 15.2. The van der Waals surface area contributed by atoms with Crippen molar-refractivity contribution in [1.82, 2.24) is 14.9 Å². The van der Waals surface area contributed by atoms with Gasteiger partial charge in [0, 0.05) is 40.4 Å². The number of hydrogen-bond donors (Lipinski definition) is 0. The highest BCUT2D eigenvalue weighted by molar-refractivity contribution is 6.33. The number of amides is 1. The predicted octanol–water partition coefficient (Wildman–Crippen LogP) is 1.84. The number of hydrogen-bond acceptors (Lipinski definition) is 5. The SMILES string of the molecule is COCCCN(C)C(=O)c1nc(N2CCCC2)ncc1Cl. The van der Waals surface area contributed by atoms with Crippen LogP contribution < -0.4 is 4.90 Å². The highest BCUT2D eigenvalue weighted by Crippen LogP contribution is 2.20. The molecule has 0 aromatic carbocycles. The minimum absolute atomic E-state index is 0.182. The predicted molar refractivity (Wildman–Crippen MR) is 81.9 cm³/mol. The summed E-state index contributed by atoms with van der Waals surface area (Å²) < 4.78 is 4.99. The summed E-state index contributed by atoms with van der Waals surface area (Å²) in [6.07, 6.45) is 4.55. The van der Waals surface area contributed by atoms with E-state index in [1.807, 2.05) is 0 Å². The Morgan fingerprint density at radius 1 is 1.48 bits per heavy atom. The maximum atomic E-state index is 12.4. The van der Waals surface area contributed by atoms with Crippen LogP contribution in [0, 0.1) is 0 Å². The van der Waals surface area contributed by atoms with Gasteiger partial charge < -0.3 is 14.5 Å². The summed E-state index contributed by atoms with van der Waals surface area (Å²) in [6.45, 7) is 3.08. The standard InChI is InChI=1S/C14H21ClN4O2/c1-18(6-5-9-21-2)13(20)12-11(15)10-16-14(17-12)19-7-3-4-8-19/h10H,3-9H2,1-2H3. The van der Waals surface area contributed by atoms with Crippen LogP contribution in [0.1, 0.15) is 29.8 Å². The summed E-state index contributed by atoms with van der Waals surface area (Å²) in [7, 11) is 3.39. The third-order valence-corrected chi connectivity index (χ3v) is 3.79. The Bertz CT molecular complexity index is 492. The monoisotopic (exact) mass is 312 g/mol. The molecule has 2 heterocycles. The molecule has 0 spiro atoms. The Balaban J connectivity index is 2.10. The molecule has 0 saturated carbocycles. The molecule has 1 fully saturated rings. The van der Waals surface area contributed by atoms with Crippen LogP contribution in [-0.2, 0) is 4.74 Å². The smallest absolute Gasteiger partial charge is 0.273 e. The molecule has 0 radical (unpaired) electrons. The number of carbonyl (C=O) groups is 1. The topological polar surface area (TPSA) is 58.6 Å². The average Bonchev–Trinajstić information content (AvgIpc) is 3.01. The molecule has 116 valence electrons. The Hall–Kier alpha value is -1.40. The lowest BCUT2D eigenvalue weighted by molar-refractivity contribution is 0.0773. The molecular formula is C14H21ClN4O2. The Morgan fingerprint density at radius 2 is 2.19 bits per heavy atom. The fourth-order valence-corrected chi connectivity index (χ4v) is 2.48. The maximum Gasteiger partial charge on any atom is 0.273 e. The van der Waals surface area contributed by atoms with E-state index < -0.39 is 0 Å². The van der Waals surface area contributed by atoms with Crippen molar-refractivity contribution in [3.8, 4) is 0 Å². The molecule has 6 nitrogen and oxygen atoms in total. The van der Waals surface area contributed by atoms with E-state index in [0.29, 0.717) is 24.1 Å². The van der Waals surface area contributed by atoms with Gasteiger partial charge in [-0.05, 0) is 19.3 Å². The van der Waals surface area contributed by atoms with Crippen LogP contribution in [0.4, 0.5) is 5.95 Å². The van der Waals surface area contributed by atoms with E-state index in [1.165, 1.54) is 6.20 Å². The zero-order valence-corrected chi connectivity index (χ0v) is 13.3. The minimum Gasteiger partial charge on any atom is -0.385 e. The lowest BCUT2D eigenvalue weighted by Gasteiger charge is -2.19. The van der Waals surface area contributed by atoms with Crippen molar-refractivity contribution in [2.75, 3.05) is 45.3 Å². The molecule has 1 saturated heterocycles. The van der Waals surface area contributed by atoms with E-state index in [2.05, 4.69) is 14.9 Å². The van der Waals surface area contributed by atoms with Crippen molar-refractivity contribution in [1.29, 1.82) is 0 Å². The Labute approximate surface area is 130 Å². The van der Waals surface area contributed by atoms with Gasteiger partial charge in [0.05, 0.1) is 11.2 Å². The summed E-state index contributed by atoms with van der Waals surface area (Å²) in [5, 5.41) is 0.293. The van der Waals surface area contributed by atoms with Crippen LogP contribution in [0.3, 0.4) is 0 Å². The second-order valence-corrected chi connectivity index (χ2v) is 5.54. The first-order chi connectivity index (χ1) is 10.1. The largest absolute Gasteiger partial charge is 0.385 e. The van der Waals surface area contributed by atoms with E-state index >= 15 is 0 Å². The van der Waals surface area contributed by atoms with Crippen LogP contribution in [0.15, 0.2) is 6.20 Å². The number of ether oxygens (including phenoxy) is 1. The third kappa shape index (κ3) is 4.04. The van der Waals surface area contributed by atoms with Crippen molar-refractivity contribution in [3.05, 3.63) is 16.9 Å². The summed E-state index contributed by atoms with van der Waals surface area (Å²) in [5.74, 6) is 0.407. The van der Waals surface area contributed by atoms with Crippen LogP contribution in [0.25, 0.3) is 0 Å². The highest BCUT2D eigenvalue weighted by Gasteiger charge is 2.21. The molecule has 0 bridgehead atoms. The molecule has 0 unspecified atom stereocenters. The van der Waals surface area contributed by atoms with E-state index in [-0.39, 0.29) is 11.6 Å². The number of carbonyl (C=O) groups excluding carboxylic acids is 1. The van der Waals surface area contributed by atoms with Gasteiger partial charge in [0.2, 0.25) is 5.95 Å². The number of halogens is 1. The summed E-state index contributed by atoms with van der Waals surface area (Å²) in [5.41, 5.74) is 0.272. The van der Waals surface area contributed by atoms with Gasteiger partial charge >= 0.3 is 0 Å². The molecule has 21 heavy (non-hydrogen) atoms.